The Morgan fingerprint density at radius 1 is 1.06 bits per heavy atom. The topological polar surface area (TPSA) is 239 Å². The maximum Gasteiger partial charge on any atom is 0.335 e. The molecule has 1 aliphatic heterocycles. The highest BCUT2D eigenvalue weighted by Gasteiger charge is 2.32. The van der Waals surface area contributed by atoms with Gasteiger partial charge in [-0.3, -0.25) is 24.5 Å². The molecule has 0 saturated heterocycles. The third-order valence-electron chi connectivity index (χ3n) is 7.61. The second kappa shape index (κ2) is 17.0. The Hall–Kier alpha value is -6.43. The molecule has 9 N–H and O–H groups in total. The largest absolute Gasteiger partial charge is 0.488 e. The van der Waals surface area contributed by atoms with Crippen molar-refractivity contribution >= 4 is 35.4 Å². The van der Waals surface area contributed by atoms with Crippen LogP contribution in [0.25, 0.3) is 11.3 Å². The van der Waals surface area contributed by atoms with Crippen LogP contribution in [0.3, 0.4) is 0 Å². The predicted molar refractivity (Wildman–Crippen MR) is 181 cm³/mol. The Labute approximate surface area is 294 Å². The van der Waals surface area contributed by atoms with E-state index in [1.165, 1.54) is 41.1 Å². The monoisotopic (exact) mass is 724 g/mol. The molecule has 0 aliphatic carbocycles. The number of benzene rings is 3. The van der Waals surface area contributed by atoms with Gasteiger partial charge in [-0.2, -0.15) is 5.10 Å². The van der Waals surface area contributed by atoms with Crippen LogP contribution in [-0.4, -0.2) is 73.7 Å². The number of nitrogens with zero attached hydrogens (tertiary/aromatic N) is 3. The third kappa shape index (κ3) is 9.84. The van der Waals surface area contributed by atoms with Gasteiger partial charge in [-0.1, -0.05) is 12.1 Å². The van der Waals surface area contributed by atoms with E-state index in [9.17, 15) is 37.5 Å². The van der Waals surface area contributed by atoms with Gasteiger partial charge in [-0.15, -0.1) is 0 Å². The number of amides is 2. The number of nitrogens with two attached hydrogens (primary N) is 2. The van der Waals surface area contributed by atoms with E-state index in [0.717, 1.165) is 23.1 Å². The van der Waals surface area contributed by atoms with Crippen LogP contribution in [0.15, 0.2) is 60.7 Å². The number of aliphatic carboxylic acids is 1. The van der Waals surface area contributed by atoms with Crippen molar-refractivity contribution in [1.82, 2.24) is 20.0 Å². The highest BCUT2D eigenvalue weighted by atomic mass is 19.1. The normalized spacial score (nSPS) is 11.8. The van der Waals surface area contributed by atoms with E-state index in [2.05, 4.69) is 15.7 Å². The number of fused-ring (bicyclic) bond motifs is 3. The molecule has 4 aromatic rings. The molecule has 1 aliphatic rings. The lowest BCUT2D eigenvalue weighted by atomic mass is 10.0. The summed E-state index contributed by atoms with van der Waals surface area (Å²) in [6, 6.07) is 11.5. The van der Waals surface area contributed by atoms with Crippen molar-refractivity contribution < 1.29 is 47.3 Å². The molecule has 5 rings (SSSR count). The molecule has 52 heavy (non-hydrogen) atoms. The number of ether oxygens (including phenoxy) is 1. The van der Waals surface area contributed by atoms with Crippen LogP contribution in [-0.2, 0) is 29.8 Å². The van der Waals surface area contributed by atoms with Gasteiger partial charge < -0.3 is 42.0 Å². The van der Waals surface area contributed by atoms with E-state index in [4.69, 9.17) is 26.7 Å². The van der Waals surface area contributed by atoms with Crippen molar-refractivity contribution in [2.24, 2.45) is 18.5 Å². The molecule has 2 heterocycles. The van der Waals surface area contributed by atoms with Crippen molar-refractivity contribution in [3.8, 4) is 17.0 Å². The number of aromatic nitrogens is 2. The standard InChI is InChI=1S/C28H21F3N4O5.C6H14N4O2/c1-34-26-19-11-18(30)6-8-23(19)40-14-20(26)25(33-34)27(37)35(12-15-3-2-4-17(29)9-15)13-24(36)32-22-10-16(28(38)39)5-7-21(22)31;7-4(5(11)12)2-1-3-10-6(8)9/h2-11H,12-14H2,1H3,(H,32,36)(H,38,39);4H,1-3,7H2,(H,11,12)(H4,8,9,10)/t;4-/m.0/s1. The number of hydrogen-bond donors (Lipinski definition) is 7. The van der Waals surface area contributed by atoms with E-state index in [0.29, 0.717) is 47.5 Å². The summed E-state index contributed by atoms with van der Waals surface area (Å²) in [6.45, 7) is -0.380. The third-order valence-corrected chi connectivity index (χ3v) is 7.61. The minimum Gasteiger partial charge on any atom is -0.488 e. The fourth-order valence-corrected chi connectivity index (χ4v) is 5.17. The highest BCUT2D eigenvalue weighted by Crippen LogP contribution is 2.39. The smallest absolute Gasteiger partial charge is 0.335 e. The molecule has 0 radical (unpaired) electrons. The Morgan fingerprint density at radius 2 is 1.79 bits per heavy atom. The zero-order valence-electron chi connectivity index (χ0n) is 27.7. The van der Waals surface area contributed by atoms with Crippen LogP contribution in [0.2, 0.25) is 0 Å². The molecule has 0 saturated carbocycles. The summed E-state index contributed by atoms with van der Waals surface area (Å²) in [5, 5.41) is 33.5. The van der Waals surface area contributed by atoms with Gasteiger partial charge in [0.25, 0.3) is 5.91 Å². The summed E-state index contributed by atoms with van der Waals surface area (Å²) in [7, 11) is 1.58. The van der Waals surface area contributed by atoms with Crippen LogP contribution in [0.1, 0.15) is 44.8 Å². The van der Waals surface area contributed by atoms with Crippen molar-refractivity contribution in [3.05, 3.63) is 100 Å². The maximum atomic E-state index is 14.3. The van der Waals surface area contributed by atoms with E-state index >= 15 is 0 Å². The number of aryl methyl sites for hydroxylation is 1. The summed E-state index contributed by atoms with van der Waals surface area (Å²) in [5.41, 5.74) is 11.1. The van der Waals surface area contributed by atoms with Crippen LogP contribution in [0.5, 0.6) is 5.75 Å². The molecule has 0 fully saturated rings. The second-order valence-corrected chi connectivity index (χ2v) is 11.5. The average Bonchev–Trinajstić information content (AvgIpc) is 3.43. The number of aromatic carboxylic acids is 1. The first-order valence-electron chi connectivity index (χ1n) is 15.6. The first-order valence-corrected chi connectivity index (χ1v) is 15.6. The van der Waals surface area contributed by atoms with Crippen molar-refractivity contribution in [2.75, 3.05) is 18.4 Å². The van der Waals surface area contributed by atoms with E-state index in [1.807, 2.05) is 0 Å². The SMILES string of the molecule is Cn1nc(C(=O)N(CC(=O)Nc2cc(C(=O)O)ccc2F)Cc2cccc(F)c2)c2c1-c1cc(F)ccc1OC2.N=C(N)NCCC[C@H](N)C(=O)O. The zero-order valence-corrected chi connectivity index (χ0v) is 27.7. The fraction of sp³-hybridized carbons (Fsp3) is 0.235. The van der Waals surface area contributed by atoms with Crippen molar-refractivity contribution in [2.45, 2.75) is 32.0 Å². The zero-order chi connectivity index (χ0) is 38.1. The number of carbonyl (C=O) groups is 4. The molecule has 3 aromatic carbocycles. The van der Waals surface area contributed by atoms with E-state index in [-0.39, 0.29) is 36.1 Å². The maximum absolute atomic E-state index is 14.3. The minimum atomic E-state index is -1.32. The Bertz CT molecular complexity index is 2010. The molecule has 0 bridgehead atoms. The number of rotatable bonds is 12. The molecule has 0 spiro atoms. The number of carboxylic acids is 2. The van der Waals surface area contributed by atoms with E-state index in [1.54, 1.807) is 13.1 Å². The summed E-state index contributed by atoms with van der Waals surface area (Å²) >= 11 is 0. The van der Waals surface area contributed by atoms with Gasteiger partial charge in [0, 0.05) is 31.3 Å². The molecule has 1 atom stereocenters. The van der Waals surface area contributed by atoms with Gasteiger partial charge >= 0.3 is 11.9 Å². The molecule has 2 amide bonds. The quantitative estimate of drug-likeness (QED) is 0.0637. The number of anilines is 1. The van der Waals surface area contributed by atoms with Gasteiger partial charge in [0.15, 0.2) is 11.7 Å². The molecular formula is C34H35F3N8O7. The van der Waals surface area contributed by atoms with Gasteiger partial charge in [0.05, 0.1) is 16.9 Å². The number of nitrogens with one attached hydrogen (secondary N) is 3. The average molecular weight is 725 g/mol. The van der Waals surface area contributed by atoms with E-state index < -0.39 is 53.8 Å². The fourth-order valence-electron chi connectivity index (χ4n) is 5.17. The highest BCUT2D eigenvalue weighted by molar-refractivity contribution is 6.01. The molecular weight excluding hydrogens is 689 g/mol. The summed E-state index contributed by atoms with van der Waals surface area (Å²) < 4.78 is 49.4. The van der Waals surface area contributed by atoms with Gasteiger partial charge in [0.1, 0.15) is 42.4 Å². The summed E-state index contributed by atoms with van der Waals surface area (Å²) in [5.74, 6) is -5.49. The van der Waals surface area contributed by atoms with Gasteiger partial charge in [-0.25, -0.2) is 18.0 Å². The van der Waals surface area contributed by atoms with Crippen LogP contribution in [0.4, 0.5) is 18.9 Å². The number of halogens is 3. The lowest BCUT2D eigenvalue weighted by Gasteiger charge is -2.23. The predicted octanol–water partition coefficient (Wildman–Crippen LogP) is 3.04. The molecule has 0 unspecified atom stereocenters. The molecule has 1 aromatic heterocycles. The molecule has 274 valence electrons. The van der Waals surface area contributed by atoms with Crippen LogP contribution < -0.4 is 26.8 Å². The first-order chi connectivity index (χ1) is 24.6. The number of guanidine groups is 1. The molecule has 15 nitrogen and oxygen atoms in total. The lowest BCUT2D eigenvalue weighted by molar-refractivity contribution is -0.138. The first kappa shape index (κ1) is 38.4. The van der Waals surface area contributed by atoms with Gasteiger partial charge in [-0.05, 0) is 66.9 Å². The number of carboxylic acid groups (broad SMARTS) is 2. The van der Waals surface area contributed by atoms with Crippen LogP contribution >= 0.6 is 0 Å². The van der Waals surface area contributed by atoms with Crippen LogP contribution in [0, 0.1) is 22.9 Å². The number of carbonyl (C=O) groups excluding carboxylic acids is 2. The minimum absolute atomic E-state index is 0.0456. The number of hydrogen-bond acceptors (Lipinski definition) is 8. The Morgan fingerprint density at radius 3 is 2.46 bits per heavy atom. The van der Waals surface area contributed by atoms with Crippen molar-refractivity contribution in [1.29, 1.82) is 5.41 Å². The second-order valence-electron chi connectivity index (χ2n) is 11.5. The summed E-state index contributed by atoms with van der Waals surface area (Å²) in [6.07, 6.45) is 0.975. The summed E-state index contributed by atoms with van der Waals surface area (Å²) in [4.78, 5) is 49.3. The lowest BCUT2D eigenvalue weighted by Crippen LogP contribution is -2.38. The Balaban J connectivity index is 0.000000434. The Kier molecular flexibility index (Phi) is 12.5. The van der Waals surface area contributed by atoms with Gasteiger partial charge in [0.2, 0.25) is 5.91 Å². The van der Waals surface area contributed by atoms with Crippen molar-refractivity contribution in [3.63, 3.8) is 0 Å². The molecule has 18 heteroatoms.